The minimum absolute atomic E-state index is 0.208. The average molecular weight is 265 g/mol. The normalized spacial score (nSPS) is 14.2. The number of halogens is 2. The summed E-state index contributed by atoms with van der Waals surface area (Å²) >= 11 is 5.90. The predicted octanol–water partition coefficient (Wildman–Crippen LogP) is 3.93. The molecule has 1 atom stereocenters. The maximum absolute atomic E-state index is 13.6. The Kier molecular flexibility index (Phi) is 3.69. The van der Waals surface area contributed by atoms with Crippen LogP contribution in [0.25, 0.3) is 0 Å². The highest BCUT2D eigenvalue weighted by Crippen LogP contribution is 2.28. The van der Waals surface area contributed by atoms with Gasteiger partial charge in [0.15, 0.2) is 0 Å². The lowest BCUT2D eigenvalue weighted by molar-refractivity contribution is 0.0567. The molecule has 0 amide bonds. The summed E-state index contributed by atoms with van der Waals surface area (Å²) < 4.78 is 13.6. The number of aliphatic hydroxyl groups is 1. The van der Waals surface area contributed by atoms with Crippen LogP contribution in [0, 0.1) is 5.82 Å². The second-order valence-corrected chi connectivity index (χ2v) is 4.99. The van der Waals surface area contributed by atoms with Crippen molar-refractivity contribution in [2.24, 2.45) is 0 Å². The quantitative estimate of drug-likeness (QED) is 0.891. The van der Waals surface area contributed by atoms with Crippen molar-refractivity contribution in [3.05, 3.63) is 70.5 Å². The second-order valence-electron chi connectivity index (χ2n) is 4.55. The molecular weight excluding hydrogens is 251 g/mol. The summed E-state index contributed by atoms with van der Waals surface area (Å²) in [5.41, 5.74) is 0.0216. The largest absolute Gasteiger partial charge is 0.385 e. The maximum Gasteiger partial charge on any atom is 0.126 e. The lowest BCUT2D eigenvalue weighted by atomic mass is 9.89. The Hall–Kier alpha value is -1.38. The zero-order valence-electron chi connectivity index (χ0n) is 10.0. The molecule has 0 aliphatic carbocycles. The fourth-order valence-corrected chi connectivity index (χ4v) is 2.13. The van der Waals surface area contributed by atoms with E-state index in [1.54, 1.807) is 49.4 Å². The van der Waals surface area contributed by atoms with Crippen molar-refractivity contribution in [3.8, 4) is 0 Å². The van der Waals surface area contributed by atoms with Crippen LogP contribution in [0.3, 0.4) is 0 Å². The Bertz CT molecular complexity index is 552. The van der Waals surface area contributed by atoms with Crippen molar-refractivity contribution in [2.75, 3.05) is 0 Å². The molecule has 0 saturated heterocycles. The molecule has 0 saturated carbocycles. The minimum atomic E-state index is -1.15. The zero-order chi connectivity index (χ0) is 13.2. The Morgan fingerprint density at radius 1 is 1.17 bits per heavy atom. The van der Waals surface area contributed by atoms with E-state index in [0.717, 1.165) is 0 Å². The van der Waals surface area contributed by atoms with Crippen molar-refractivity contribution in [2.45, 2.75) is 18.9 Å². The van der Waals surface area contributed by atoms with Crippen LogP contribution in [0.4, 0.5) is 4.39 Å². The minimum Gasteiger partial charge on any atom is -0.385 e. The molecule has 1 unspecified atom stereocenters. The molecule has 0 radical (unpaired) electrons. The molecule has 0 aliphatic rings. The fourth-order valence-electron chi connectivity index (χ4n) is 1.94. The third-order valence-electron chi connectivity index (χ3n) is 2.94. The fraction of sp³-hybridized carbons (Fsp3) is 0.200. The van der Waals surface area contributed by atoms with Crippen LogP contribution in [-0.2, 0) is 12.0 Å². The van der Waals surface area contributed by atoms with E-state index in [1.807, 2.05) is 0 Å². The molecule has 1 N–H and O–H groups in total. The molecular formula is C15H14ClFO. The molecule has 0 spiro atoms. The predicted molar refractivity (Wildman–Crippen MR) is 71.1 cm³/mol. The van der Waals surface area contributed by atoms with Gasteiger partial charge in [0.1, 0.15) is 5.82 Å². The van der Waals surface area contributed by atoms with Crippen molar-refractivity contribution in [1.82, 2.24) is 0 Å². The first kappa shape index (κ1) is 13.1. The van der Waals surface area contributed by atoms with Gasteiger partial charge in [0, 0.05) is 11.4 Å². The van der Waals surface area contributed by atoms with E-state index in [-0.39, 0.29) is 12.2 Å². The Balaban J connectivity index is 2.30. The van der Waals surface area contributed by atoms with Gasteiger partial charge in [0.05, 0.1) is 5.60 Å². The lowest BCUT2D eigenvalue weighted by Gasteiger charge is -2.24. The summed E-state index contributed by atoms with van der Waals surface area (Å²) in [7, 11) is 0. The van der Waals surface area contributed by atoms with Crippen LogP contribution >= 0.6 is 11.6 Å². The van der Waals surface area contributed by atoms with Gasteiger partial charge in [-0.05, 0) is 36.2 Å². The molecule has 3 heteroatoms. The topological polar surface area (TPSA) is 20.2 Å². The third-order valence-corrected chi connectivity index (χ3v) is 3.17. The molecule has 0 fully saturated rings. The highest BCUT2D eigenvalue weighted by Gasteiger charge is 2.24. The molecule has 0 aliphatic heterocycles. The molecule has 1 nitrogen and oxygen atoms in total. The number of rotatable bonds is 3. The van der Waals surface area contributed by atoms with Crippen LogP contribution in [0.2, 0.25) is 5.02 Å². The van der Waals surface area contributed by atoms with Crippen molar-refractivity contribution in [3.63, 3.8) is 0 Å². The monoisotopic (exact) mass is 264 g/mol. The van der Waals surface area contributed by atoms with E-state index in [0.29, 0.717) is 16.1 Å². The van der Waals surface area contributed by atoms with Gasteiger partial charge in [-0.15, -0.1) is 0 Å². The number of hydrogen-bond acceptors (Lipinski definition) is 1. The highest BCUT2D eigenvalue weighted by molar-refractivity contribution is 6.30. The summed E-state index contributed by atoms with van der Waals surface area (Å²) in [5, 5.41) is 11.0. The summed E-state index contributed by atoms with van der Waals surface area (Å²) in [6.45, 7) is 1.66. The zero-order valence-corrected chi connectivity index (χ0v) is 10.8. The number of benzene rings is 2. The maximum atomic E-state index is 13.6. The van der Waals surface area contributed by atoms with E-state index in [1.165, 1.54) is 6.07 Å². The molecule has 2 aromatic rings. The smallest absolute Gasteiger partial charge is 0.126 e. The van der Waals surface area contributed by atoms with Gasteiger partial charge in [-0.25, -0.2) is 4.39 Å². The molecule has 0 bridgehead atoms. The van der Waals surface area contributed by atoms with Crippen LogP contribution in [0.5, 0.6) is 0 Å². The molecule has 2 rings (SSSR count). The first-order chi connectivity index (χ1) is 8.49. The third kappa shape index (κ3) is 2.89. The Labute approximate surface area is 111 Å². The van der Waals surface area contributed by atoms with E-state index < -0.39 is 5.60 Å². The van der Waals surface area contributed by atoms with Crippen molar-refractivity contribution in [1.29, 1.82) is 0 Å². The standard InChI is InChI=1S/C15H14ClFO/c1-15(18,12-6-4-7-13(16)9-12)10-11-5-2-3-8-14(11)17/h2-9,18H,10H2,1H3. The highest BCUT2D eigenvalue weighted by atomic mass is 35.5. The van der Waals surface area contributed by atoms with Crippen LogP contribution in [0.15, 0.2) is 48.5 Å². The molecule has 18 heavy (non-hydrogen) atoms. The lowest BCUT2D eigenvalue weighted by Crippen LogP contribution is -2.24. The first-order valence-electron chi connectivity index (χ1n) is 5.71. The summed E-state index contributed by atoms with van der Waals surface area (Å²) in [4.78, 5) is 0. The SMILES string of the molecule is CC(O)(Cc1ccccc1F)c1cccc(Cl)c1. The molecule has 2 aromatic carbocycles. The Morgan fingerprint density at radius 2 is 1.89 bits per heavy atom. The molecule has 0 heterocycles. The van der Waals surface area contributed by atoms with Crippen LogP contribution in [0.1, 0.15) is 18.1 Å². The summed E-state index contributed by atoms with van der Waals surface area (Å²) in [6.07, 6.45) is 0.208. The van der Waals surface area contributed by atoms with Crippen LogP contribution < -0.4 is 0 Å². The summed E-state index contributed by atoms with van der Waals surface area (Å²) in [6, 6.07) is 13.4. The molecule has 94 valence electrons. The van der Waals surface area contributed by atoms with E-state index >= 15 is 0 Å². The molecule has 0 aromatic heterocycles. The first-order valence-corrected chi connectivity index (χ1v) is 6.09. The van der Waals surface area contributed by atoms with Crippen LogP contribution in [-0.4, -0.2) is 5.11 Å². The second kappa shape index (κ2) is 5.09. The van der Waals surface area contributed by atoms with Gasteiger partial charge in [-0.3, -0.25) is 0 Å². The van der Waals surface area contributed by atoms with E-state index in [9.17, 15) is 9.50 Å². The number of hydrogen-bond donors (Lipinski definition) is 1. The van der Waals surface area contributed by atoms with Gasteiger partial charge < -0.3 is 5.11 Å². The van der Waals surface area contributed by atoms with Crippen molar-refractivity contribution >= 4 is 11.6 Å². The van der Waals surface area contributed by atoms with Crippen molar-refractivity contribution < 1.29 is 9.50 Å². The van der Waals surface area contributed by atoms with Gasteiger partial charge in [-0.1, -0.05) is 41.9 Å². The van der Waals surface area contributed by atoms with E-state index in [4.69, 9.17) is 11.6 Å². The van der Waals surface area contributed by atoms with Gasteiger partial charge in [0.25, 0.3) is 0 Å². The van der Waals surface area contributed by atoms with Gasteiger partial charge in [-0.2, -0.15) is 0 Å². The average Bonchev–Trinajstić information content (AvgIpc) is 2.32. The van der Waals surface area contributed by atoms with Gasteiger partial charge in [0.2, 0.25) is 0 Å². The Morgan fingerprint density at radius 3 is 2.56 bits per heavy atom. The van der Waals surface area contributed by atoms with E-state index in [2.05, 4.69) is 0 Å². The summed E-state index contributed by atoms with van der Waals surface area (Å²) in [5.74, 6) is -0.306. The van der Waals surface area contributed by atoms with Gasteiger partial charge >= 0.3 is 0 Å².